The fourth-order valence-electron chi connectivity index (χ4n) is 3.04. The van der Waals surface area contributed by atoms with Crippen LogP contribution in [0.2, 0.25) is 5.02 Å². The highest BCUT2D eigenvalue weighted by molar-refractivity contribution is 7.80. The molecule has 1 aliphatic heterocycles. The predicted molar refractivity (Wildman–Crippen MR) is 108 cm³/mol. The lowest BCUT2D eigenvalue weighted by Crippen LogP contribution is -2.52. The zero-order chi connectivity index (χ0) is 19.9. The number of rotatable bonds is 3. The van der Waals surface area contributed by atoms with Gasteiger partial charge in [-0.3, -0.25) is 19.8 Å². The molecule has 3 rings (SSSR count). The molecule has 0 aliphatic carbocycles. The summed E-state index contributed by atoms with van der Waals surface area (Å²) >= 11 is 11.1. The van der Waals surface area contributed by atoms with E-state index in [2.05, 4.69) is 5.32 Å². The SMILES string of the molecule is COc1ccc(Cl)cc1-n1c(C)cc(/C=C2/C(=O)NC(=S)N(C)C2=O)c1C. The van der Waals surface area contributed by atoms with E-state index >= 15 is 0 Å². The van der Waals surface area contributed by atoms with E-state index < -0.39 is 11.8 Å². The van der Waals surface area contributed by atoms with Crippen LogP contribution in [0.4, 0.5) is 0 Å². The van der Waals surface area contributed by atoms with Crippen LogP contribution in [-0.2, 0) is 9.59 Å². The Morgan fingerprint density at radius 1 is 1.22 bits per heavy atom. The molecule has 27 heavy (non-hydrogen) atoms. The molecule has 2 aromatic rings. The van der Waals surface area contributed by atoms with Crippen molar-refractivity contribution in [1.82, 2.24) is 14.8 Å². The van der Waals surface area contributed by atoms with Gasteiger partial charge in [0.05, 0.1) is 12.8 Å². The number of methoxy groups -OCH3 is 1. The Bertz CT molecular complexity index is 1010. The third-order valence-corrected chi connectivity index (χ3v) is 5.07. The van der Waals surface area contributed by atoms with E-state index in [0.717, 1.165) is 22.6 Å². The van der Waals surface area contributed by atoms with Gasteiger partial charge < -0.3 is 9.30 Å². The molecule has 1 aliphatic rings. The Kier molecular flexibility index (Phi) is 5.08. The molecule has 2 heterocycles. The van der Waals surface area contributed by atoms with Gasteiger partial charge in [0, 0.05) is 23.5 Å². The van der Waals surface area contributed by atoms with Crippen LogP contribution in [0.5, 0.6) is 5.75 Å². The molecule has 1 N–H and O–H groups in total. The highest BCUT2D eigenvalue weighted by atomic mass is 35.5. The van der Waals surface area contributed by atoms with Crippen LogP contribution in [0.1, 0.15) is 17.0 Å². The molecule has 0 bridgehead atoms. The quantitative estimate of drug-likeness (QED) is 0.486. The highest BCUT2D eigenvalue weighted by Crippen LogP contribution is 2.31. The molecule has 1 aromatic carbocycles. The number of ether oxygens (including phenoxy) is 1. The number of nitrogens with zero attached hydrogens (tertiary/aromatic N) is 2. The molecule has 0 saturated carbocycles. The van der Waals surface area contributed by atoms with Gasteiger partial charge in [0.1, 0.15) is 11.3 Å². The summed E-state index contributed by atoms with van der Waals surface area (Å²) in [7, 11) is 3.12. The first-order chi connectivity index (χ1) is 12.7. The maximum atomic E-state index is 12.4. The first-order valence-corrected chi connectivity index (χ1v) is 8.91. The van der Waals surface area contributed by atoms with Crippen LogP contribution in [0.15, 0.2) is 29.8 Å². The van der Waals surface area contributed by atoms with Gasteiger partial charge in [0.15, 0.2) is 5.11 Å². The summed E-state index contributed by atoms with van der Waals surface area (Å²) in [6, 6.07) is 7.26. The molecule has 1 fully saturated rings. The molecule has 1 saturated heterocycles. The average molecular weight is 404 g/mol. The van der Waals surface area contributed by atoms with Gasteiger partial charge in [0.25, 0.3) is 11.8 Å². The molecule has 0 atom stereocenters. The smallest absolute Gasteiger partial charge is 0.265 e. The maximum Gasteiger partial charge on any atom is 0.265 e. The van der Waals surface area contributed by atoms with Gasteiger partial charge in [-0.25, -0.2) is 0 Å². The van der Waals surface area contributed by atoms with Crippen molar-refractivity contribution in [3.05, 3.63) is 51.8 Å². The molecule has 0 radical (unpaired) electrons. The zero-order valence-corrected chi connectivity index (χ0v) is 16.9. The third-order valence-electron chi connectivity index (χ3n) is 4.46. The molecule has 0 spiro atoms. The van der Waals surface area contributed by atoms with Crippen molar-refractivity contribution >= 4 is 46.8 Å². The molecule has 2 amide bonds. The number of aryl methyl sites for hydroxylation is 1. The average Bonchev–Trinajstić information content (AvgIpc) is 2.90. The first-order valence-electron chi connectivity index (χ1n) is 8.12. The van der Waals surface area contributed by atoms with E-state index in [4.69, 9.17) is 28.6 Å². The number of thiocarbonyl (C=S) groups is 1. The number of halogens is 1. The monoisotopic (exact) mass is 403 g/mol. The molecular weight excluding hydrogens is 386 g/mol. The van der Waals surface area contributed by atoms with Gasteiger partial charge in [-0.2, -0.15) is 0 Å². The Morgan fingerprint density at radius 3 is 2.59 bits per heavy atom. The van der Waals surface area contributed by atoms with Crippen LogP contribution < -0.4 is 10.1 Å². The summed E-state index contributed by atoms with van der Waals surface area (Å²) in [5, 5.41) is 3.19. The summed E-state index contributed by atoms with van der Waals surface area (Å²) < 4.78 is 7.42. The minimum absolute atomic E-state index is 0.0319. The van der Waals surface area contributed by atoms with Crippen LogP contribution in [-0.4, -0.2) is 40.6 Å². The lowest BCUT2D eigenvalue weighted by Gasteiger charge is -2.25. The van der Waals surface area contributed by atoms with Crippen molar-refractivity contribution in [2.45, 2.75) is 13.8 Å². The minimum Gasteiger partial charge on any atom is -0.495 e. The Balaban J connectivity index is 2.13. The number of aromatic nitrogens is 1. The van der Waals surface area contributed by atoms with Crippen molar-refractivity contribution in [3.8, 4) is 11.4 Å². The summed E-state index contributed by atoms with van der Waals surface area (Å²) in [5.74, 6) is -0.279. The molecule has 6 nitrogen and oxygen atoms in total. The van der Waals surface area contributed by atoms with E-state index in [1.807, 2.05) is 30.5 Å². The fraction of sp³-hybridized carbons (Fsp3) is 0.211. The van der Waals surface area contributed by atoms with Crippen LogP contribution in [0.3, 0.4) is 0 Å². The summed E-state index contributed by atoms with van der Waals surface area (Å²) in [4.78, 5) is 25.9. The van der Waals surface area contributed by atoms with Gasteiger partial charge in [-0.05, 0) is 62.0 Å². The normalized spacial score (nSPS) is 16.1. The second-order valence-corrected chi connectivity index (χ2v) is 6.98. The van der Waals surface area contributed by atoms with E-state index in [9.17, 15) is 9.59 Å². The highest BCUT2D eigenvalue weighted by Gasteiger charge is 2.31. The number of hydrogen-bond donors (Lipinski definition) is 1. The number of nitrogens with one attached hydrogen (secondary N) is 1. The lowest BCUT2D eigenvalue weighted by atomic mass is 10.1. The predicted octanol–water partition coefficient (Wildman–Crippen LogP) is 3.01. The second kappa shape index (κ2) is 7.17. The Hall–Kier alpha value is -2.64. The van der Waals surface area contributed by atoms with E-state index in [-0.39, 0.29) is 10.7 Å². The van der Waals surface area contributed by atoms with Crippen molar-refractivity contribution in [2.75, 3.05) is 14.2 Å². The first kappa shape index (κ1) is 19.1. The van der Waals surface area contributed by atoms with Crippen molar-refractivity contribution in [1.29, 1.82) is 0 Å². The number of amides is 2. The second-order valence-electron chi connectivity index (χ2n) is 6.16. The number of benzene rings is 1. The standard InChI is InChI=1S/C19H18ClN3O3S/c1-10-7-12(8-14-17(24)21-19(27)22(3)18(14)25)11(2)23(10)15-9-13(20)5-6-16(15)26-4/h5-9H,1-4H3,(H,21,24,27)/b14-8-. The van der Waals surface area contributed by atoms with Gasteiger partial charge in [-0.15, -0.1) is 0 Å². The number of carbonyl (C=O) groups excluding carboxylic acids is 2. The maximum absolute atomic E-state index is 12.4. The van der Waals surface area contributed by atoms with E-state index in [1.165, 1.54) is 11.9 Å². The molecule has 8 heteroatoms. The Labute approximate surface area is 167 Å². The van der Waals surface area contributed by atoms with E-state index in [0.29, 0.717) is 10.8 Å². The van der Waals surface area contributed by atoms with Crippen molar-refractivity contribution < 1.29 is 14.3 Å². The van der Waals surface area contributed by atoms with Crippen LogP contribution >= 0.6 is 23.8 Å². The van der Waals surface area contributed by atoms with E-state index in [1.54, 1.807) is 25.3 Å². The zero-order valence-electron chi connectivity index (χ0n) is 15.3. The lowest BCUT2D eigenvalue weighted by molar-refractivity contribution is -0.128. The fourth-order valence-corrected chi connectivity index (χ4v) is 3.39. The summed E-state index contributed by atoms with van der Waals surface area (Å²) in [5.41, 5.74) is 3.31. The van der Waals surface area contributed by atoms with Crippen LogP contribution in [0, 0.1) is 13.8 Å². The van der Waals surface area contributed by atoms with Gasteiger partial charge >= 0.3 is 0 Å². The molecule has 0 unspecified atom stereocenters. The third kappa shape index (κ3) is 3.36. The molecule has 1 aromatic heterocycles. The Morgan fingerprint density at radius 2 is 1.93 bits per heavy atom. The van der Waals surface area contributed by atoms with Crippen LogP contribution in [0.25, 0.3) is 11.8 Å². The topological polar surface area (TPSA) is 63.6 Å². The summed E-state index contributed by atoms with van der Waals surface area (Å²) in [6.45, 7) is 3.83. The number of carbonyl (C=O) groups is 2. The van der Waals surface area contributed by atoms with Crippen molar-refractivity contribution in [3.63, 3.8) is 0 Å². The largest absolute Gasteiger partial charge is 0.495 e. The molecular formula is C19H18ClN3O3S. The number of hydrogen-bond acceptors (Lipinski definition) is 4. The van der Waals surface area contributed by atoms with Gasteiger partial charge in [-0.1, -0.05) is 11.6 Å². The summed E-state index contributed by atoms with van der Waals surface area (Å²) in [6.07, 6.45) is 1.58. The number of likely N-dealkylation sites (N-methyl/N-ethyl adjacent to an activating group) is 1. The van der Waals surface area contributed by atoms with Gasteiger partial charge in [0.2, 0.25) is 0 Å². The molecule has 140 valence electrons. The van der Waals surface area contributed by atoms with Crippen molar-refractivity contribution in [2.24, 2.45) is 0 Å². The minimum atomic E-state index is -0.506.